The first-order valence-corrected chi connectivity index (χ1v) is 10.2. The van der Waals surface area contributed by atoms with Crippen LogP contribution in [0.5, 0.6) is 0 Å². The van der Waals surface area contributed by atoms with Crippen LogP contribution < -0.4 is 0 Å². The molecule has 0 aromatic heterocycles. The summed E-state index contributed by atoms with van der Waals surface area (Å²) in [6.45, 7) is 0. The van der Waals surface area contributed by atoms with Gasteiger partial charge in [0.15, 0.2) is 0 Å². The second-order valence-corrected chi connectivity index (χ2v) is 6.66. The number of rotatable bonds is 1. The van der Waals surface area contributed by atoms with Crippen molar-refractivity contribution < 1.29 is 24.2 Å². The van der Waals surface area contributed by atoms with Gasteiger partial charge in [-0.3, -0.25) is 6.08 Å². The van der Waals surface area contributed by atoms with Crippen molar-refractivity contribution >= 4 is 28.5 Å². The second-order valence-electron chi connectivity index (χ2n) is 5.95. The largest absolute Gasteiger partial charge is 0.179 e. The van der Waals surface area contributed by atoms with Crippen LogP contribution >= 0.6 is 24.8 Å². The van der Waals surface area contributed by atoms with Crippen LogP contribution in [0.2, 0.25) is 0 Å². The topological polar surface area (TPSA) is 0 Å². The van der Waals surface area contributed by atoms with E-state index in [0.717, 1.165) is 12.8 Å². The summed E-state index contributed by atoms with van der Waals surface area (Å²) < 4.78 is 2.17. The van der Waals surface area contributed by atoms with Crippen LogP contribution in [0.25, 0.3) is 11.1 Å². The van der Waals surface area contributed by atoms with E-state index in [9.17, 15) is 0 Å². The number of hydrogen-bond acceptors (Lipinski definition) is 0. The zero-order chi connectivity index (χ0) is 18.0. The fraction of sp³-hybridized carbons (Fsp3) is 0.0769. The van der Waals surface area contributed by atoms with Crippen molar-refractivity contribution in [3.63, 3.8) is 0 Å². The fourth-order valence-corrected chi connectivity index (χ4v) is 3.36. The van der Waals surface area contributed by atoms with Crippen molar-refractivity contribution in [1.82, 2.24) is 0 Å². The molecule has 0 heterocycles. The Morgan fingerprint density at radius 2 is 1.52 bits per heavy atom. The van der Waals surface area contributed by atoms with Crippen LogP contribution in [-0.2, 0) is 30.7 Å². The monoisotopic (exact) mass is 497 g/mol. The van der Waals surface area contributed by atoms with Crippen molar-refractivity contribution in [3.05, 3.63) is 127 Å². The van der Waals surface area contributed by atoms with Crippen molar-refractivity contribution in [3.8, 4) is 11.1 Å². The maximum absolute atomic E-state index is 3.30. The molecule has 3 aromatic rings. The first-order chi connectivity index (χ1) is 12.9. The maximum atomic E-state index is 3.30. The second kappa shape index (κ2) is 15.3. The summed E-state index contributed by atoms with van der Waals surface area (Å²) in [5.74, 6) is 0. The molecule has 29 heavy (non-hydrogen) atoms. The molecule has 2 aliphatic carbocycles. The van der Waals surface area contributed by atoms with Gasteiger partial charge in [-0.25, -0.2) is 12.2 Å². The number of fused-ring (bicyclic) bond motifs is 3. The molecule has 0 nitrogen and oxygen atoms in total. The molecule has 0 aliphatic heterocycles. The average Bonchev–Trinajstić information content (AvgIpc) is 3.40. The Labute approximate surface area is 202 Å². The predicted octanol–water partition coefficient (Wildman–Crippen LogP) is 7.04. The summed E-state index contributed by atoms with van der Waals surface area (Å²) in [5, 5.41) is 0. The molecule has 3 aromatic carbocycles. The van der Waals surface area contributed by atoms with Crippen molar-refractivity contribution in [2.45, 2.75) is 12.8 Å². The summed E-state index contributed by atoms with van der Waals surface area (Å²) >= 11 is 1.46. The Hall–Kier alpha value is -1.53. The van der Waals surface area contributed by atoms with Gasteiger partial charge in [-0.05, 0) is 6.42 Å². The fourth-order valence-electron chi connectivity index (χ4n) is 2.89. The Morgan fingerprint density at radius 3 is 2.10 bits per heavy atom. The minimum Gasteiger partial charge on any atom is -0.179 e. The zero-order valence-electron chi connectivity index (χ0n) is 16.5. The van der Waals surface area contributed by atoms with Crippen LogP contribution in [0.15, 0.2) is 91.0 Å². The molecule has 0 atom stereocenters. The molecule has 0 unspecified atom stereocenters. The molecule has 0 amide bonds. The third kappa shape index (κ3) is 8.39. The van der Waals surface area contributed by atoms with Crippen LogP contribution in [0, 0.1) is 19.6 Å². The van der Waals surface area contributed by atoms with Crippen molar-refractivity contribution in [2.24, 2.45) is 0 Å². The number of allylic oxidation sites excluding steroid dienone is 4. The number of benzene rings is 3. The molecule has 0 saturated carbocycles. The van der Waals surface area contributed by atoms with Gasteiger partial charge in [0.25, 0.3) is 0 Å². The summed E-state index contributed by atoms with van der Waals surface area (Å²) in [6, 6.07) is 28.5. The van der Waals surface area contributed by atoms with Gasteiger partial charge in [0.2, 0.25) is 0 Å². The van der Waals surface area contributed by atoms with Crippen LogP contribution in [0.4, 0.5) is 0 Å². The molecule has 150 valence electrons. The van der Waals surface area contributed by atoms with E-state index < -0.39 is 0 Å². The molecule has 0 radical (unpaired) electrons. The molecule has 0 N–H and O–H groups in total. The molecular formula is C26H25Cl2Zr-3. The van der Waals surface area contributed by atoms with Gasteiger partial charge in [-0.1, -0.05) is 35.4 Å². The quantitative estimate of drug-likeness (QED) is 0.246. The third-order valence-electron chi connectivity index (χ3n) is 4.17. The molecule has 0 saturated heterocycles. The number of hydrogen-bond donors (Lipinski definition) is 0. The van der Waals surface area contributed by atoms with E-state index in [4.69, 9.17) is 0 Å². The molecular weight excluding hydrogens is 474 g/mol. The Bertz CT molecular complexity index is 861. The van der Waals surface area contributed by atoms with Gasteiger partial charge in [-0.15, -0.1) is 36.8 Å². The summed E-state index contributed by atoms with van der Waals surface area (Å²) in [6.07, 6.45) is 11.0. The van der Waals surface area contributed by atoms with Crippen LogP contribution in [0.3, 0.4) is 0 Å². The van der Waals surface area contributed by atoms with Gasteiger partial charge in [0, 0.05) is 0 Å². The molecule has 2 aliphatic rings. The van der Waals surface area contributed by atoms with E-state index in [1.54, 1.807) is 0 Å². The van der Waals surface area contributed by atoms with E-state index in [2.05, 4.69) is 82.6 Å². The minimum absolute atomic E-state index is 0. The van der Waals surface area contributed by atoms with E-state index in [-0.39, 0.29) is 32.2 Å². The van der Waals surface area contributed by atoms with Gasteiger partial charge < -0.3 is 7.43 Å². The average molecular weight is 500 g/mol. The van der Waals surface area contributed by atoms with Crippen LogP contribution in [0.1, 0.15) is 23.1 Å². The molecule has 5 rings (SSSR count). The van der Waals surface area contributed by atoms with Crippen molar-refractivity contribution in [2.75, 3.05) is 0 Å². The van der Waals surface area contributed by atoms with Crippen LogP contribution in [-0.4, -0.2) is 3.71 Å². The third-order valence-corrected chi connectivity index (χ3v) is 4.99. The first kappa shape index (κ1) is 27.5. The van der Waals surface area contributed by atoms with Gasteiger partial charge in [-0.2, -0.15) is 35.9 Å². The van der Waals surface area contributed by atoms with Gasteiger partial charge in [0.1, 0.15) is 0 Å². The SMILES string of the molecule is Cl.Cl.[C-]1=CC=CC1.[CH3-].[Zr]=[CH]c1ccccc1.[c-]1cccc2c1Cc1ccccc1-2. The van der Waals surface area contributed by atoms with Gasteiger partial charge in [0.05, 0.1) is 0 Å². The first-order valence-electron chi connectivity index (χ1n) is 8.73. The minimum atomic E-state index is 0. The van der Waals surface area contributed by atoms with E-state index >= 15 is 0 Å². The summed E-state index contributed by atoms with van der Waals surface area (Å²) in [7, 11) is 0. The molecule has 3 heteroatoms. The van der Waals surface area contributed by atoms with Crippen molar-refractivity contribution in [1.29, 1.82) is 0 Å². The van der Waals surface area contributed by atoms with E-state index in [0.29, 0.717) is 0 Å². The predicted molar refractivity (Wildman–Crippen MR) is 128 cm³/mol. The Kier molecular flexibility index (Phi) is 14.5. The smallest absolute Gasteiger partial charge is 0.0253 e. The summed E-state index contributed by atoms with van der Waals surface area (Å²) in [5.41, 5.74) is 6.84. The molecule has 0 bridgehead atoms. The normalized spacial score (nSPS) is 10.9. The Balaban J connectivity index is 0.000000427. The van der Waals surface area contributed by atoms with E-state index in [1.165, 1.54) is 52.1 Å². The zero-order valence-corrected chi connectivity index (χ0v) is 20.6. The van der Waals surface area contributed by atoms with Gasteiger partial charge >= 0.3 is 63.8 Å². The molecule has 0 fully saturated rings. The van der Waals surface area contributed by atoms with E-state index in [1.807, 2.05) is 24.3 Å². The standard InChI is InChI=1S/C13H9.C7H6.C5H5.CH3.2ClH.Zr/c1-3-7-12-10(5-1)9-11-6-2-4-8-13(11)12;1-7-5-3-2-4-6-7;1-2-4-5-3-1;;;;/h1-5,7-8H,9H2;1-6H;1-3H,4H2;1H3;2*1H;/q-1;;2*-1;;;. The molecule has 0 spiro atoms. The summed E-state index contributed by atoms with van der Waals surface area (Å²) in [4.78, 5) is 0. The number of halogens is 2. The Morgan fingerprint density at radius 1 is 0.828 bits per heavy atom. The maximum Gasteiger partial charge on any atom is -0.0253 e.